The third-order valence-corrected chi connectivity index (χ3v) is 7.39. The zero-order valence-electron chi connectivity index (χ0n) is 21.9. The van der Waals surface area contributed by atoms with Crippen molar-refractivity contribution < 1.29 is 4.79 Å². The Labute approximate surface area is 213 Å². The topological polar surface area (TPSA) is 42.0 Å². The predicted molar refractivity (Wildman–Crippen MR) is 149 cm³/mol. The summed E-state index contributed by atoms with van der Waals surface area (Å²) in [5.74, 6) is 0.198. The number of benzene rings is 1. The molecule has 0 unspecified atom stereocenters. The number of aryl methyl sites for hydroxylation is 1. The lowest BCUT2D eigenvalue weighted by Gasteiger charge is -2.06. The Bertz CT molecular complexity index is 768. The smallest absolute Gasteiger partial charge is 0.220 e. The Balaban J connectivity index is 1.37. The number of rotatable bonds is 20. The molecule has 1 N–H and O–H groups in total. The average Bonchev–Trinajstić information content (AvgIpc) is 3.28. The van der Waals surface area contributed by atoms with E-state index in [1.54, 1.807) is 11.3 Å². The van der Waals surface area contributed by atoms with Crippen LogP contribution in [-0.4, -0.2) is 17.4 Å². The Morgan fingerprint density at radius 3 is 1.82 bits per heavy atom. The monoisotopic (exact) mass is 484 g/mol. The maximum absolute atomic E-state index is 12.1. The van der Waals surface area contributed by atoms with Crippen LogP contribution in [0, 0.1) is 6.92 Å². The number of nitrogens with one attached hydrogen (secondary N) is 1. The molecule has 3 nitrogen and oxygen atoms in total. The second-order valence-electron chi connectivity index (χ2n) is 9.75. The molecule has 0 spiro atoms. The lowest BCUT2D eigenvalue weighted by atomic mass is 10.0. The minimum atomic E-state index is 0.198. The van der Waals surface area contributed by atoms with E-state index in [0.29, 0.717) is 13.0 Å². The first-order valence-corrected chi connectivity index (χ1v) is 14.8. The van der Waals surface area contributed by atoms with Gasteiger partial charge in [0.2, 0.25) is 5.91 Å². The van der Waals surface area contributed by atoms with Gasteiger partial charge < -0.3 is 5.32 Å². The number of nitrogens with zero attached hydrogens (tertiary/aromatic N) is 1. The summed E-state index contributed by atoms with van der Waals surface area (Å²) in [6.07, 6.45) is 21.9. The highest BCUT2D eigenvalue weighted by molar-refractivity contribution is 7.09. The van der Waals surface area contributed by atoms with Crippen LogP contribution in [0.2, 0.25) is 0 Å². The Hall–Kier alpha value is -1.68. The van der Waals surface area contributed by atoms with E-state index in [4.69, 9.17) is 0 Å². The minimum Gasteiger partial charge on any atom is -0.356 e. The van der Waals surface area contributed by atoms with Gasteiger partial charge in [-0.1, -0.05) is 121 Å². The van der Waals surface area contributed by atoms with E-state index in [1.807, 2.05) is 6.92 Å². The lowest BCUT2D eigenvalue weighted by molar-refractivity contribution is -0.121. The summed E-state index contributed by atoms with van der Waals surface area (Å²) in [4.78, 5) is 16.6. The molecule has 0 radical (unpaired) electrons. The van der Waals surface area contributed by atoms with Gasteiger partial charge in [0.15, 0.2) is 0 Å². The molecule has 0 aliphatic carbocycles. The number of unbranched alkanes of at least 4 members (excludes halogenated alkanes) is 14. The number of aromatic nitrogens is 1. The molecule has 1 heterocycles. The van der Waals surface area contributed by atoms with Crippen molar-refractivity contribution in [2.45, 2.75) is 123 Å². The molecule has 0 aliphatic heterocycles. The predicted octanol–water partition coefficient (Wildman–Crippen LogP) is 9.04. The van der Waals surface area contributed by atoms with Gasteiger partial charge in [-0.3, -0.25) is 4.79 Å². The van der Waals surface area contributed by atoms with Gasteiger partial charge in [0.1, 0.15) is 0 Å². The van der Waals surface area contributed by atoms with Crippen molar-refractivity contribution in [1.29, 1.82) is 0 Å². The van der Waals surface area contributed by atoms with Crippen LogP contribution in [-0.2, 0) is 11.2 Å². The summed E-state index contributed by atoms with van der Waals surface area (Å²) < 4.78 is 0. The number of hydrogen-bond acceptors (Lipinski definition) is 3. The molecule has 1 aromatic heterocycles. The standard InChI is InChI=1S/C30H48N2OS/c1-3-4-5-6-7-8-9-10-11-12-13-14-15-16-17-18-30(33)31-24-23-27-19-21-28(22-20-27)29-25-34-26(2)32-29/h19-22,25H,3-18,23-24H2,1-2H3,(H,31,33). The van der Waals surface area contributed by atoms with Gasteiger partial charge in [-0.05, 0) is 25.3 Å². The Morgan fingerprint density at radius 1 is 0.794 bits per heavy atom. The van der Waals surface area contributed by atoms with Crippen LogP contribution < -0.4 is 5.32 Å². The van der Waals surface area contributed by atoms with E-state index in [1.165, 1.54) is 95.5 Å². The van der Waals surface area contributed by atoms with Gasteiger partial charge in [0.05, 0.1) is 10.7 Å². The summed E-state index contributed by atoms with van der Waals surface area (Å²) in [6, 6.07) is 8.54. The van der Waals surface area contributed by atoms with Crippen molar-refractivity contribution in [3.63, 3.8) is 0 Å². The van der Waals surface area contributed by atoms with Crippen LogP contribution in [0.25, 0.3) is 11.3 Å². The van der Waals surface area contributed by atoms with Gasteiger partial charge >= 0.3 is 0 Å². The largest absolute Gasteiger partial charge is 0.356 e. The van der Waals surface area contributed by atoms with Gasteiger partial charge in [-0.25, -0.2) is 4.98 Å². The van der Waals surface area contributed by atoms with Crippen LogP contribution in [0.3, 0.4) is 0 Å². The maximum atomic E-state index is 12.1. The summed E-state index contributed by atoms with van der Waals surface area (Å²) in [7, 11) is 0. The number of carbonyl (C=O) groups is 1. The zero-order valence-corrected chi connectivity index (χ0v) is 22.7. The number of thiazole rings is 1. The first-order valence-electron chi connectivity index (χ1n) is 14.0. The molecule has 0 bridgehead atoms. The van der Waals surface area contributed by atoms with Crippen molar-refractivity contribution in [1.82, 2.24) is 10.3 Å². The molecule has 0 fully saturated rings. The minimum absolute atomic E-state index is 0.198. The summed E-state index contributed by atoms with van der Waals surface area (Å²) in [5.41, 5.74) is 3.46. The average molecular weight is 485 g/mol. The number of amides is 1. The molecule has 190 valence electrons. The van der Waals surface area contributed by atoms with Gasteiger partial charge in [-0.2, -0.15) is 0 Å². The van der Waals surface area contributed by atoms with Gasteiger partial charge in [-0.15, -0.1) is 11.3 Å². The molecule has 0 aliphatic rings. The van der Waals surface area contributed by atoms with E-state index in [0.717, 1.165) is 29.1 Å². The van der Waals surface area contributed by atoms with Crippen LogP contribution in [0.4, 0.5) is 0 Å². The van der Waals surface area contributed by atoms with Crippen molar-refractivity contribution in [3.8, 4) is 11.3 Å². The summed E-state index contributed by atoms with van der Waals surface area (Å²) in [5, 5.41) is 6.27. The van der Waals surface area contributed by atoms with Crippen molar-refractivity contribution in [2.75, 3.05) is 6.54 Å². The number of hydrogen-bond donors (Lipinski definition) is 1. The van der Waals surface area contributed by atoms with Crippen LogP contribution in [0.5, 0.6) is 0 Å². The molecule has 0 saturated heterocycles. The second-order valence-corrected chi connectivity index (χ2v) is 10.8. The molecule has 0 atom stereocenters. The SMILES string of the molecule is CCCCCCCCCCCCCCCCCC(=O)NCCc1ccc(-c2csc(C)n2)cc1. The highest BCUT2D eigenvalue weighted by atomic mass is 32.1. The summed E-state index contributed by atoms with van der Waals surface area (Å²) >= 11 is 1.68. The van der Waals surface area contributed by atoms with Crippen LogP contribution in [0.1, 0.15) is 120 Å². The van der Waals surface area contributed by atoms with Crippen LogP contribution >= 0.6 is 11.3 Å². The highest BCUT2D eigenvalue weighted by Gasteiger charge is 2.04. The van der Waals surface area contributed by atoms with E-state index in [2.05, 4.69) is 46.9 Å². The first-order chi connectivity index (χ1) is 16.7. The van der Waals surface area contributed by atoms with Crippen LogP contribution in [0.15, 0.2) is 29.6 Å². The molecule has 2 aromatic rings. The van der Waals surface area contributed by atoms with Crippen molar-refractivity contribution >= 4 is 17.2 Å². The Kier molecular flexibility index (Phi) is 15.6. The van der Waals surface area contributed by atoms with E-state index in [9.17, 15) is 4.79 Å². The molecular formula is C30H48N2OS. The molecule has 1 aromatic carbocycles. The quantitative estimate of drug-likeness (QED) is 0.190. The van der Waals surface area contributed by atoms with E-state index >= 15 is 0 Å². The molecule has 2 rings (SSSR count). The highest BCUT2D eigenvalue weighted by Crippen LogP contribution is 2.22. The lowest BCUT2D eigenvalue weighted by Crippen LogP contribution is -2.25. The molecule has 34 heavy (non-hydrogen) atoms. The van der Waals surface area contributed by atoms with Crippen molar-refractivity contribution in [2.24, 2.45) is 0 Å². The molecular weight excluding hydrogens is 436 g/mol. The molecule has 4 heteroatoms. The zero-order chi connectivity index (χ0) is 24.3. The molecule has 0 saturated carbocycles. The fourth-order valence-corrected chi connectivity index (χ4v) is 5.05. The van der Waals surface area contributed by atoms with E-state index < -0.39 is 0 Å². The maximum Gasteiger partial charge on any atom is 0.220 e. The van der Waals surface area contributed by atoms with E-state index in [-0.39, 0.29) is 5.91 Å². The first kappa shape index (κ1) is 28.6. The second kappa shape index (κ2) is 18.6. The van der Waals surface area contributed by atoms with Crippen molar-refractivity contribution in [3.05, 3.63) is 40.2 Å². The molecule has 1 amide bonds. The Morgan fingerprint density at radius 2 is 1.32 bits per heavy atom. The van der Waals surface area contributed by atoms with Gasteiger partial charge in [0.25, 0.3) is 0 Å². The normalized spacial score (nSPS) is 11.1. The fraction of sp³-hybridized carbons (Fsp3) is 0.667. The van der Waals surface area contributed by atoms with Gasteiger partial charge in [0, 0.05) is 23.9 Å². The number of carbonyl (C=O) groups excluding carboxylic acids is 1. The third kappa shape index (κ3) is 13.3. The third-order valence-electron chi connectivity index (χ3n) is 6.61. The fourth-order valence-electron chi connectivity index (χ4n) is 4.43. The summed E-state index contributed by atoms with van der Waals surface area (Å²) in [6.45, 7) is 5.03.